The summed E-state index contributed by atoms with van der Waals surface area (Å²) >= 11 is 0. The number of hydrogen-bond donors (Lipinski definition) is 2. The number of benzene rings is 2. The Morgan fingerprint density at radius 2 is 1.68 bits per heavy atom. The lowest BCUT2D eigenvalue weighted by Crippen LogP contribution is -2.21. The summed E-state index contributed by atoms with van der Waals surface area (Å²) in [6, 6.07) is 17.2. The largest absolute Gasteiger partial charge is 0.460 e. The number of hydrogen-bond acceptors (Lipinski definition) is 7. The number of nitrogens with zero attached hydrogens (tertiary/aromatic N) is 4. The van der Waals surface area contributed by atoms with Crippen molar-refractivity contribution in [3.05, 3.63) is 84.4 Å². The number of esters is 1. The number of fused-ring (bicyclic) bond motifs is 1. The van der Waals surface area contributed by atoms with Gasteiger partial charge in [-0.25, -0.2) is 19.7 Å². The number of carbonyl (C=O) groups excluding carboxylic acids is 2. The fourth-order valence-electron chi connectivity index (χ4n) is 3.61. The molecule has 0 fully saturated rings. The van der Waals surface area contributed by atoms with Crippen molar-refractivity contribution in [3.63, 3.8) is 0 Å². The number of imidazole rings is 1. The molecule has 2 N–H and O–H groups in total. The van der Waals surface area contributed by atoms with Gasteiger partial charge in [-0.15, -0.1) is 0 Å². The van der Waals surface area contributed by atoms with E-state index >= 15 is 0 Å². The third-order valence-corrected chi connectivity index (χ3v) is 5.42. The first-order chi connectivity index (χ1) is 16.6. The van der Waals surface area contributed by atoms with Crippen LogP contribution < -0.4 is 5.32 Å². The first kappa shape index (κ1) is 23.1. The summed E-state index contributed by atoms with van der Waals surface area (Å²) in [7, 11) is 0. The molecule has 2 heterocycles. The number of aliphatic hydroxyl groups is 1. The maximum atomic E-state index is 12.6. The average Bonchev–Trinajstić information content (AvgIpc) is 3.32. The maximum Gasteiger partial charge on any atom is 0.338 e. The van der Waals surface area contributed by atoms with E-state index in [-0.39, 0.29) is 36.9 Å². The molecule has 2 aromatic carbocycles. The lowest BCUT2D eigenvalue weighted by atomic mass is 10.0. The molecule has 0 unspecified atom stereocenters. The number of ether oxygens (including phenoxy) is 1. The van der Waals surface area contributed by atoms with Gasteiger partial charge in [0.25, 0.3) is 5.91 Å². The number of nitrogens with one attached hydrogen (secondary N) is 1. The SMILES string of the molecule is C[C@H](CO)C[C@H](COC(=O)c1ccccc1)n1cnc2c(NC(=O)c3ccccc3)ncnc21. The van der Waals surface area contributed by atoms with Crippen LogP contribution in [0.3, 0.4) is 0 Å². The minimum Gasteiger partial charge on any atom is -0.460 e. The van der Waals surface area contributed by atoms with E-state index in [1.807, 2.05) is 19.1 Å². The second-order valence-corrected chi connectivity index (χ2v) is 8.01. The van der Waals surface area contributed by atoms with Crippen LogP contribution in [0.4, 0.5) is 5.82 Å². The maximum absolute atomic E-state index is 12.6. The molecule has 9 nitrogen and oxygen atoms in total. The Morgan fingerprint density at radius 3 is 2.35 bits per heavy atom. The Labute approximate surface area is 196 Å². The zero-order valence-electron chi connectivity index (χ0n) is 18.7. The minimum absolute atomic E-state index is 0.0108. The van der Waals surface area contributed by atoms with Crippen molar-refractivity contribution < 1.29 is 19.4 Å². The summed E-state index contributed by atoms with van der Waals surface area (Å²) in [6.45, 7) is 1.97. The molecule has 0 aliphatic heterocycles. The van der Waals surface area contributed by atoms with Crippen molar-refractivity contribution in [1.29, 1.82) is 0 Å². The summed E-state index contributed by atoms with van der Waals surface area (Å²) in [5.41, 5.74) is 1.86. The van der Waals surface area contributed by atoms with Crippen molar-refractivity contribution >= 4 is 28.9 Å². The van der Waals surface area contributed by atoms with Crippen molar-refractivity contribution in [1.82, 2.24) is 19.5 Å². The zero-order valence-corrected chi connectivity index (χ0v) is 18.7. The molecule has 34 heavy (non-hydrogen) atoms. The minimum atomic E-state index is -0.433. The highest BCUT2D eigenvalue weighted by atomic mass is 16.5. The lowest BCUT2D eigenvalue weighted by molar-refractivity contribution is 0.0425. The van der Waals surface area contributed by atoms with E-state index < -0.39 is 5.97 Å². The molecule has 0 bridgehead atoms. The van der Waals surface area contributed by atoms with E-state index in [4.69, 9.17) is 4.74 Å². The summed E-state index contributed by atoms with van der Waals surface area (Å²) in [6.07, 6.45) is 3.46. The molecule has 0 spiro atoms. The van der Waals surface area contributed by atoms with Crippen molar-refractivity contribution in [2.45, 2.75) is 19.4 Å². The van der Waals surface area contributed by atoms with Gasteiger partial charge in [-0.1, -0.05) is 43.3 Å². The first-order valence-corrected chi connectivity index (χ1v) is 10.9. The molecular formula is C25H25N5O4. The van der Waals surface area contributed by atoms with Crippen LogP contribution in [-0.4, -0.2) is 49.7 Å². The highest BCUT2D eigenvalue weighted by molar-refractivity contribution is 6.06. The molecular weight excluding hydrogens is 434 g/mol. The van der Waals surface area contributed by atoms with E-state index in [1.165, 1.54) is 6.33 Å². The third-order valence-electron chi connectivity index (χ3n) is 5.42. The van der Waals surface area contributed by atoms with Crippen LogP contribution >= 0.6 is 0 Å². The average molecular weight is 460 g/mol. The van der Waals surface area contributed by atoms with Crippen molar-refractivity contribution in [2.75, 3.05) is 18.5 Å². The lowest BCUT2D eigenvalue weighted by Gasteiger charge is -2.21. The zero-order chi connectivity index (χ0) is 23.9. The van der Waals surface area contributed by atoms with Crippen molar-refractivity contribution in [3.8, 4) is 0 Å². The Bertz CT molecular complexity index is 1260. The van der Waals surface area contributed by atoms with Gasteiger partial charge in [-0.05, 0) is 36.6 Å². The van der Waals surface area contributed by atoms with E-state index in [1.54, 1.807) is 59.4 Å². The third kappa shape index (κ3) is 5.26. The Hall–Kier alpha value is -4.11. The molecule has 0 saturated carbocycles. The number of aromatic nitrogens is 4. The number of aliphatic hydroxyl groups excluding tert-OH is 1. The fourth-order valence-corrected chi connectivity index (χ4v) is 3.61. The molecule has 0 aliphatic carbocycles. The van der Waals surface area contributed by atoms with Gasteiger partial charge in [0.05, 0.1) is 17.9 Å². The number of rotatable bonds is 9. The first-order valence-electron chi connectivity index (χ1n) is 10.9. The van der Waals surface area contributed by atoms with Crippen LogP contribution in [0, 0.1) is 5.92 Å². The molecule has 0 saturated heterocycles. The van der Waals surface area contributed by atoms with Gasteiger partial charge in [-0.3, -0.25) is 4.79 Å². The highest BCUT2D eigenvalue weighted by Crippen LogP contribution is 2.25. The molecule has 1 amide bonds. The van der Waals surface area contributed by atoms with Crippen LogP contribution in [0.15, 0.2) is 73.3 Å². The summed E-state index contributed by atoms with van der Waals surface area (Å²) in [5.74, 6) is -0.501. The molecule has 4 rings (SSSR count). The van der Waals surface area contributed by atoms with Crippen molar-refractivity contribution in [2.24, 2.45) is 5.92 Å². The quantitative estimate of drug-likeness (QED) is 0.368. The van der Waals surface area contributed by atoms with Gasteiger partial charge < -0.3 is 19.7 Å². The Morgan fingerprint density at radius 1 is 1.00 bits per heavy atom. The molecule has 0 radical (unpaired) electrons. The molecule has 2 atom stereocenters. The molecule has 2 aromatic heterocycles. The topological polar surface area (TPSA) is 119 Å². The molecule has 0 aliphatic rings. The molecule has 4 aromatic rings. The van der Waals surface area contributed by atoms with Gasteiger partial charge in [0.15, 0.2) is 17.0 Å². The van der Waals surface area contributed by atoms with E-state index in [0.29, 0.717) is 28.7 Å². The predicted octanol–water partition coefficient (Wildman–Crippen LogP) is 3.50. The van der Waals surface area contributed by atoms with Crippen LogP contribution in [0.1, 0.15) is 40.1 Å². The fraction of sp³-hybridized carbons (Fsp3) is 0.240. The molecule has 174 valence electrons. The second-order valence-electron chi connectivity index (χ2n) is 8.01. The smallest absolute Gasteiger partial charge is 0.338 e. The van der Waals surface area contributed by atoms with E-state index in [2.05, 4.69) is 20.3 Å². The monoisotopic (exact) mass is 459 g/mol. The van der Waals surface area contributed by atoms with Crippen LogP contribution in [0.2, 0.25) is 0 Å². The predicted molar refractivity (Wildman–Crippen MR) is 126 cm³/mol. The van der Waals surface area contributed by atoms with Crippen LogP contribution in [0.5, 0.6) is 0 Å². The highest BCUT2D eigenvalue weighted by Gasteiger charge is 2.22. The number of amides is 1. The summed E-state index contributed by atoms with van der Waals surface area (Å²) in [4.78, 5) is 38.1. The van der Waals surface area contributed by atoms with Gasteiger partial charge in [0.2, 0.25) is 0 Å². The Kier molecular flexibility index (Phi) is 7.24. The van der Waals surface area contributed by atoms with Gasteiger partial charge in [0, 0.05) is 12.2 Å². The van der Waals surface area contributed by atoms with Gasteiger partial charge >= 0.3 is 5.97 Å². The normalized spacial score (nSPS) is 12.8. The van der Waals surface area contributed by atoms with Gasteiger partial charge in [0.1, 0.15) is 12.9 Å². The van der Waals surface area contributed by atoms with E-state index in [9.17, 15) is 14.7 Å². The summed E-state index contributed by atoms with van der Waals surface area (Å²) in [5, 5.41) is 12.4. The number of carbonyl (C=O) groups is 2. The molecule has 9 heteroatoms. The standard InChI is InChI=1S/C25H25N5O4/c1-17(13-31)12-20(14-34-25(33)19-10-6-3-7-11-19)30-16-28-21-22(26-15-27-23(21)30)29-24(32)18-8-4-2-5-9-18/h2-11,15-17,20,31H,12-14H2,1H3,(H,26,27,29,32)/t17-,20+/m0/s1. The second kappa shape index (κ2) is 10.7. The van der Waals surface area contributed by atoms with Crippen LogP contribution in [-0.2, 0) is 4.74 Å². The number of anilines is 1. The summed E-state index contributed by atoms with van der Waals surface area (Å²) < 4.78 is 7.37. The van der Waals surface area contributed by atoms with Gasteiger partial charge in [-0.2, -0.15) is 0 Å². The Balaban J connectivity index is 1.58. The van der Waals surface area contributed by atoms with E-state index in [0.717, 1.165) is 0 Å². The van der Waals surface area contributed by atoms with Crippen LogP contribution in [0.25, 0.3) is 11.2 Å².